The Morgan fingerprint density at radius 1 is 1.09 bits per heavy atom. The van der Waals surface area contributed by atoms with E-state index in [1.807, 2.05) is 0 Å². The number of hydrogen-bond acceptors (Lipinski definition) is 4. The normalized spacial score (nSPS) is 21.1. The summed E-state index contributed by atoms with van der Waals surface area (Å²) in [6.45, 7) is 30.4. The SMILES string of the molecule is C=C(C)[C@@H]1CC(C)=C[C@@H](OCOC)C1[C@@H](C)C(=O)/C=[C](\CCO[Si](C)(C)C(C)(C)C)[Sn]([CH2]CCC)([CH2]CCC)[CH2]CCC. The molecule has 0 bridgehead atoms. The molecule has 4 nitrogen and oxygen atoms in total. The van der Waals surface area contributed by atoms with E-state index in [0.717, 1.165) is 25.0 Å². The van der Waals surface area contributed by atoms with E-state index in [0.29, 0.717) is 0 Å². The molecule has 0 aromatic rings. The molecule has 0 aromatic carbocycles. The number of ketones is 1. The Bertz CT molecular complexity index is 894. The van der Waals surface area contributed by atoms with Crippen LogP contribution in [-0.2, 0) is 18.7 Å². The van der Waals surface area contributed by atoms with Crippen LogP contribution in [0.25, 0.3) is 0 Å². The van der Waals surface area contributed by atoms with Gasteiger partial charge in [-0.1, -0.05) is 0 Å². The molecule has 0 radical (unpaired) electrons. The molecule has 0 saturated carbocycles. The Balaban J connectivity index is 3.64. The van der Waals surface area contributed by atoms with Crippen LogP contribution < -0.4 is 0 Å². The monoisotopic (exact) mass is 726 g/mol. The van der Waals surface area contributed by atoms with Crippen molar-refractivity contribution in [3.63, 3.8) is 0 Å². The average molecular weight is 726 g/mol. The number of carbonyl (C=O) groups is 1. The number of methoxy groups -OCH3 is 1. The first-order valence-electron chi connectivity index (χ1n) is 17.4. The molecule has 0 fully saturated rings. The quantitative estimate of drug-likeness (QED) is 0.0512. The summed E-state index contributed by atoms with van der Waals surface area (Å²) in [4.78, 5) is 14.5. The molecule has 0 saturated heterocycles. The molecule has 6 heteroatoms. The Morgan fingerprint density at radius 2 is 1.63 bits per heavy atom. The number of hydrogen-bond donors (Lipinski definition) is 0. The summed E-state index contributed by atoms with van der Waals surface area (Å²) < 4.78 is 23.9. The van der Waals surface area contributed by atoms with Crippen molar-refractivity contribution >= 4 is 32.5 Å². The Morgan fingerprint density at radius 3 is 2.07 bits per heavy atom. The fourth-order valence-electron chi connectivity index (χ4n) is 6.63. The second-order valence-corrected chi connectivity index (χ2v) is 33.3. The molecule has 43 heavy (non-hydrogen) atoms. The van der Waals surface area contributed by atoms with Crippen molar-refractivity contribution in [2.75, 3.05) is 20.5 Å². The Labute approximate surface area is 272 Å². The van der Waals surface area contributed by atoms with Crippen LogP contribution in [0.5, 0.6) is 0 Å². The van der Waals surface area contributed by atoms with Crippen molar-refractivity contribution in [3.05, 3.63) is 33.5 Å². The van der Waals surface area contributed by atoms with E-state index in [1.165, 1.54) is 57.4 Å². The molecule has 1 unspecified atom stereocenters. The third-order valence-corrected chi connectivity index (χ3v) is 31.3. The summed E-state index contributed by atoms with van der Waals surface area (Å²) in [5.74, 6) is 0.398. The zero-order valence-corrected chi connectivity index (χ0v) is 34.4. The van der Waals surface area contributed by atoms with E-state index in [9.17, 15) is 4.79 Å². The van der Waals surface area contributed by atoms with Gasteiger partial charge in [0.2, 0.25) is 0 Å². The molecule has 0 heterocycles. The molecule has 1 aliphatic rings. The van der Waals surface area contributed by atoms with Crippen molar-refractivity contribution in [1.29, 1.82) is 0 Å². The predicted octanol–water partition coefficient (Wildman–Crippen LogP) is 11.1. The summed E-state index contributed by atoms with van der Waals surface area (Å²) in [6, 6.07) is 0. The molecule has 4 atom stereocenters. The standard InChI is InChI=1S/C25H43O4Si.3C4H9.Sn/c1-18(2)21-15-19(3)16-23(28-17-27-8)24(21)20(4)22(26)13-11-12-14-29-30(9,10)25(5,6)7;3*1-3-4-2;/h13,16,20-21,23-24H,1,12,14-15,17H2,2-10H3;3*1,3-4H2,2H3;/t20-,21-,23+,24?;;;;/m0..../s1. The molecule has 250 valence electrons. The van der Waals surface area contributed by atoms with E-state index in [-0.39, 0.29) is 41.5 Å². The Hall–Kier alpha value is -0.214. The van der Waals surface area contributed by atoms with Crippen molar-refractivity contribution in [1.82, 2.24) is 0 Å². The molecule has 0 spiro atoms. The van der Waals surface area contributed by atoms with Crippen LogP contribution in [0.2, 0.25) is 31.4 Å². The van der Waals surface area contributed by atoms with Crippen LogP contribution in [0, 0.1) is 17.8 Å². The van der Waals surface area contributed by atoms with Gasteiger partial charge in [-0.25, -0.2) is 0 Å². The van der Waals surface area contributed by atoms with Gasteiger partial charge >= 0.3 is 274 Å². The van der Waals surface area contributed by atoms with Crippen molar-refractivity contribution in [2.45, 2.75) is 151 Å². The van der Waals surface area contributed by atoms with Crippen LogP contribution in [0.4, 0.5) is 0 Å². The summed E-state index contributed by atoms with van der Waals surface area (Å²) in [5.41, 5.74) is 2.44. The van der Waals surface area contributed by atoms with Gasteiger partial charge in [-0.15, -0.1) is 0 Å². The third-order valence-electron chi connectivity index (χ3n) is 10.5. The average Bonchev–Trinajstić information content (AvgIpc) is 2.93. The van der Waals surface area contributed by atoms with Gasteiger partial charge in [0.05, 0.1) is 0 Å². The molecule has 1 rings (SSSR count). The number of rotatable bonds is 21. The van der Waals surface area contributed by atoms with E-state index in [2.05, 4.69) is 94.1 Å². The van der Waals surface area contributed by atoms with Gasteiger partial charge in [0.25, 0.3) is 0 Å². The Kier molecular flexibility index (Phi) is 18.5. The van der Waals surface area contributed by atoms with Gasteiger partial charge in [0, 0.05) is 0 Å². The molecular formula is C37H70O4SiSn. The maximum atomic E-state index is 14.5. The van der Waals surface area contributed by atoms with E-state index in [4.69, 9.17) is 13.9 Å². The first kappa shape index (κ1) is 40.8. The van der Waals surface area contributed by atoms with Gasteiger partial charge in [-0.2, -0.15) is 0 Å². The zero-order chi connectivity index (χ0) is 32.8. The van der Waals surface area contributed by atoms with Gasteiger partial charge in [-0.05, 0) is 0 Å². The molecule has 0 aliphatic heterocycles. The van der Waals surface area contributed by atoms with Crippen molar-refractivity contribution in [3.8, 4) is 0 Å². The topological polar surface area (TPSA) is 44.8 Å². The van der Waals surface area contributed by atoms with Crippen LogP contribution in [0.3, 0.4) is 0 Å². The summed E-state index contributed by atoms with van der Waals surface area (Å²) >= 11 is -2.87. The van der Waals surface area contributed by atoms with Crippen molar-refractivity contribution in [2.24, 2.45) is 17.8 Å². The molecule has 0 amide bonds. The van der Waals surface area contributed by atoms with Crippen LogP contribution >= 0.6 is 0 Å². The van der Waals surface area contributed by atoms with Crippen LogP contribution in [-0.4, -0.2) is 59.1 Å². The molecule has 0 N–H and O–H groups in total. The summed E-state index contributed by atoms with van der Waals surface area (Å²) in [7, 11) is -0.217. The van der Waals surface area contributed by atoms with Gasteiger partial charge in [0.1, 0.15) is 0 Å². The number of allylic oxidation sites excluding steroid dienone is 3. The summed E-state index contributed by atoms with van der Waals surface area (Å²) in [5, 5.41) is 0.176. The molecular weight excluding hydrogens is 655 g/mol. The minimum atomic E-state index is -2.87. The number of unbranched alkanes of at least 4 members (excludes halogenated alkanes) is 3. The van der Waals surface area contributed by atoms with E-state index in [1.54, 1.807) is 10.7 Å². The molecule has 0 aromatic heterocycles. The van der Waals surface area contributed by atoms with Crippen LogP contribution in [0.15, 0.2) is 33.5 Å². The second kappa shape index (κ2) is 19.4. The maximum absolute atomic E-state index is 14.5. The fraction of sp³-hybridized carbons (Fsp3) is 0.811. The zero-order valence-electron chi connectivity index (χ0n) is 30.5. The number of ether oxygens (including phenoxy) is 2. The van der Waals surface area contributed by atoms with Gasteiger partial charge in [0.15, 0.2) is 0 Å². The van der Waals surface area contributed by atoms with Crippen LogP contribution in [0.1, 0.15) is 114 Å². The first-order chi connectivity index (χ1) is 20.1. The summed E-state index contributed by atoms with van der Waals surface area (Å²) in [6.07, 6.45) is 13.6. The van der Waals surface area contributed by atoms with Gasteiger partial charge < -0.3 is 0 Å². The molecule has 1 aliphatic carbocycles. The van der Waals surface area contributed by atoms with E-state index < -0.39 is 26.7 Å². The fourth-order valence-corrected chi connectivity index (χ4v) is 24.5. The second-order valence-electron chi connectivity index (χ2n) is 15.1. The predicted molar refractivity (Wildman–Crippen MR) is 192 cm³/mol. The third kappa shape index (κ3) is 12.5. The van der Waals surface area contributed by atoms with Gasteiger partial charge in [-0.3, -0.25) is 0 Å². The first-order valence-corrected chi connectivity index (χ1v) is 27.8. The number of carbonyl (C=O) groups excluding carboxylic acids is 1. The van der Waals surface area contributed by atoms with Crippen molar-refractivity contribution < 1.29 is 18.7 Å². The van der Waals surface area contributed by atoms with E-state index >= 15 is 0 Å². The minimum absolute atomic E-state index is 0.0522.